The Labute approximate surface area is 151 Å². The molecule has 3 N–H and O–H groups in total. The predicted octanol–water partition coefficient (Wildman–Crippen LogP) is 3.46. The van der Waals surface area contributed by atoms with Crippen molar-refractivity contribution in [1.82, 2.24) is 10.3 Å². The van der Waals surface area contributed by atoms with E-state index >= 15 is 0 Å². The highest BCUT2D eigenvalue weighted by molar-refractivity contribution is 6.04. The summed E-state index contributed by atoms with van der Waals surface area (Å²) in [7, 11) is 0. The number of aromatic amines is 1. The molecule has 5 nitrogen and oxygen atoms in total. The minimum atomic E-state index is -0.970. The summed E-state index contributed by atoms with van der Waals surface area (Å²) < 4.78 is 0. The molecular weight excluding hydrogens is 328 g/mol. The summed E-state index contributed by atoms with van der Waals surface area (Å²) in [5.74, 6) is -1.14. The number of allylic oxidation sites excluding steroid dienone is 1. The third-order valence-electron chi connectivity index (χ3n) is 4.27. The number of benzene rings is 2. The Hall–Kier alpha value is -3.34. The Bertz CT molecular complexity index is 955. The average Bonchev–Trinajstić information content (AvgIpc) is 3.04. The van der Waals surface area contributed by atoms with Crippen LogP contribution in [0.1, 0.15) is 21.5 Å². The molecule has 0 saturated heterocycles. The zero-order valence-electron chi connectivity index (χ0n) is 14.4. The lowest BCUT2D eigenvalue weighted by atomic mass is 10.1. The van der Waals surface area contributed by atoms with E-state index in [1.807, 2.05) is 49.5 Å². The number of carboxylic acid groups (broad SMARTS) is 1. The van der Waals surface area contributed by atoms with Crippen molar-refractivity contribution in [2.24, 2.45) is 0 Å². The summed E-state index contributed by atoms with van der Waals surface area (Å²) in [5, 5.41) is 13.3. The van der Waals surface area contributed by atoms with Crippen LogP contribution in [0.3, 0.4) is 0 Å². The summed E-state index contributed by atoms with van der Waals surface area (Å²) >= 11 is 0. The molecule has 132 valence electrons. The van der Waals surface area contributed by atoms with Crippen LogP contribution in [-0.4, -0.2) is 27.9 Å². The first kappa shape index (κ1) is 17.5. The predicted molar refractivity (Wildman–Crippen MR) is 101 cm³/mol. The van der Waals surface area contributed by atoms with Gasteiger partial charge in [0, 0.05) is 41.4 Å². The number of nitrogens with one attached hydrogen (secondary N) is 2. The Morgan fingerprint density at radius 3 is 2.62 bits per heavy atom. The molecule has 0 spiro atoms. The number of aliphatic carboxylic acids is 1. The second-order valence-corrected chi connectivity index (χ2v) is 6.18. The molecule has 1 atom stereocenters. The number of hydrogen-bond acceptors (Lipinski definition) is 3. The summed E-state index contributed by atoms with van der Waals surface area (Å²) in [6.07, 6.45) is 4.90. The van der Waals surface area contributed by atoms with Gasteiger partial charge in [0.05, 0.1) is 0 Å². The smallest absolute Gasteiger partial charge is 0.326 e. The zero-order valence-corrected chi connectivity index (χ0v) is 14.4. The molecule has 26 heavy (non-hydrogen) atoms. The van der Waals surface area contributed by atoms with Gasteiger partial charge in [-0.15, -0.1) is 0 Å². The summed E-state index contributed by atoms with van der Waals surface area (Å²) in [6, 6.07) is 14.2. The lowest BCUT2D eigenvalue weighted by Crippen LogP contribution is -2.35. The van der Waals surface area contributed by atoms with E-state index in [0.717, 1.165) is 22.0 Å². The van der Waals surface area contributed by atoms with Gasteiger partial charge in [-0.3, -0.25) is 4.79 Å². The number of aromatic nitrogens is 1. The molecule has 5 heteroatoms. The first-order valence-electron chi connectivity index (χ1n) is 8.36. The SMILES string of the molecule is Cc1ccc(C(=O)/C=C\NC(Cc2c[nH]c3ccccc23)C(=O)O)cc1. The molecule has 0 amide bonds. The maximum atomic E-state index is 12.1. The van der Waals surface area contributed by atoms with E-state index in [9.17, 15) is 14.7 Å². The molecule has 3 aromatic rings. The normalized spacial score (nSPS) is 12.3. The van der Waals surface area contributed by atoms with E-state index in [1.54, 1.807) is 12.1 Å². The van der Waals surface area contributed by atoms with Crippen LogP contribution in [0, 0.1) is 6.92 Å². The minimum absolute atomic E-state index is 0.172. The molecule has 2 aromatic carbocycles. The monoisotopic (exact) mass is 348 g/mol. The van der Waals surface area contributed by atoms with Gasteiger partial charge >= 0.3 is 5.97 Å². The number of para-hydroxylation sites is 1. The largest absolute Gasteiger partial charge is 0.480 e. The van der Waals surface area contributed by atoms with Crippen molar-refractivity contribution < 1.29 is 14.7 Å². The van der Waals surface area contributed by atoms with Gasteiger partial charge < -0.3 is 15.4 Å². The number of carbonyl (C=O) groups is 2. The lowest BCUT2D eigenvalue weighted by molar-refractivity contribution is -0.139. The molecule has 0 bridgehead atoms. The van der Waals surface area contributed by atoms with Crippen molar-refractivity contribution in [3.05, 3.63) is 83.7 Å². The van der Waals surface area contributed by atoms with E-state index in [2.05, 4.69) is 10.3 Å². The fraction of sp³-hybridized carbons (Fsp3) is 0.143. The quantitative estimate of drug-likeness (QED) is 0.451. The van der Waals surface area contributed by atoms with Crippen molar-refractivity contribution in [3.8, 4) is 0 Å². The number of carboxylic acids is 1. The number of rotatable bonds is 7. The van der Waals surface area contributed by atoms with E-state index < -0.39 is 12.0 Å². The highest BCUT2D eigenvalue weighted by Crippen LogP contribution is 2.19. The van der Waals surface area contributed by atoms with Crippen LogP contribution in [0.5, 0.6) is 0 Å². The van der Waals surface area contributed by atoms with Gasteiger partial charge in [-0.2, -0.15) is 0 Å². The maximum absolute atomic E-state index is 12.1. The Morgan fingerprint density at radius 1 is 1.15 bits per heavy atom. The standard InChI is InChI=1S/C21H20N2O3/c1-14-6-8-15(9-7-14)20(24)10-11-22-19(21(25)26)12-16-13-23-18-5-3-2-4-17(16)18/h2-11,13,19,22-23H,12H2,1H3,(H,25,26)/b11-10-. The fourth-order valence-corrected chi connectivity index (χ4v) is 2.79. The van der Waals surface area contributed by atoms with Crippen LogP contribution < -0.4 is 5.32 Å². The van der Waals surface area contributed by atoms with Gasteiger partial charge in [0.2, 0.25) is 0 Å². The van der Waals surface area contributed by atoms with E-state index in [-0.39, 0.29) is 5.78 Å². The first-order valence-corrected chi connectivity index (χ1v) is 8.36. The maximum Gasteiger partial charge on any atom is 0.326 e. The van der Waals surface area contributed by atoms with Crippen molar-refractivity contribution in [2.45, 2.75) is 19.4 Å². The topological polar surface area (TPSA) is 82.2 Å². The third kappa shape index (κ3) is 4.00. The van der Waals surface area contributed by atoms with Crippen molar-refractivity contribution in [2.75, 3.05) is 0 Å². The van der Waals surface area contributed by atoms with E-state index in [4.69, 9.17) is 0 Å². The second-order valence-electron chi connectivity index (χ2n) is 6.18. The third-order valence-corrected chi connectivity index (χ3v) is 4.27. The number of carbonyl (C=O) groups excluding carboxylic acids is 1. The number of H-pyrrole nitrogens is 1. The van der Waals surface area contributed by atoms with Crippen LogP contribution in [-0.2, 0) is 11.2 Å². The molecule has 0 saturated carbocycles. The van der Waals surface area contributed by atoms with Crippen LogP contribution in [0.15, 0.2) is 67.0 Å². The Kier molecular flexibility index (Phi) is 5.17. The van der Waals surface area contributed by atoms with Gasteiger partial charge in [-0.1, -0.05) is 48.0 Å². The molecule has 1 aromatic heterocycles. The van der Waals surface area contributed by atoms with Gasteiger partial charge in [-0.05, 0) is 18.6 Å². The van der Waals surface area contributed by atoms with Crippen molar-refractivity contribution in [3.63, 3.8) is 0 Å². The van der Waals surface area contributed by atoms with Crippen molar-refractivity contribution in [1.29, 1.82) is 0 Å². The first-order chi connectivity index (χ1) is 12.5. The van der Waals surface area contributed by atoms with Gasteiger partial charge in [0.1, 0.15) is 6.04 Å². The van der Waals surface area contributed by atoms with E-state index in [0.29, 0.717) is 12.0 Å². The highest BCUT2D eigenvalue weighted by atomic mass is 16.4. The average molecular weight is 348 g/mol. The van der Waals surface area contributed by atoms with Crippen molar-refractivity contribution >= 4 is 22.7 Å². The number of aryl methyl sites for hydroxylation is 1. The molecule has 0 aliphatic rings. The highest BCUT2D eigenvalue weighted by Gasteiger charge is 2.18. The van der Waals surface area contributed by atoms with Crippen LogP contribution >= 0.6 is 0 Å². The van der Waals surface area contributed by atoms with Gasteiger partial charge in [0.25, 0.3) is 0 Å². The zero-order chi connectivity index (χ0) is 18.5. The van der Waals surface area contributed by atoms with E-state index in [1.165, 1.54) is 12.3 Å². The van der Waals surface area contributed by atoms with Crippen LogP contribution in [0.4, 0.5) is 0 Å². The summed E-state index contributed by atoms with van der Waals surface area (Å²) in [4.78, 5) is 26.8. The lowest BCUT2D eigenvalue weighted by Gasteiger charge is -2.12. The molecule has 0 aliphatic heterocycles. The molecule has 0 fully saturated rings. The fourth-order valence-electron chi connectivity index (χ4n) is 2.79. The summed E-state index contributed by atoms with van der Waals surface area (Å²) in [5.41, 5.74) is 3.53. The molecule has 1 unspecified atom stereocenters. The second kappa shape index (κ2) is 7.70. The van der Waals surface area contributed by atoms with Crippen LogP contribution in [0.2, 0.25) is 0 Å². The Balaban J connectivity index is 1.68. The van der Waals surface area contributed by atoms with Gasteiger partial charge in [0.15, 0.2) is 5.78 Å². The minimum Gasteiger partial charge on any atom is -0.480 e. The molecule has 0 aliphatic carbocycles. The Morgan fingerprint density at radius 2 is 1.88 bits per heavy atom. The number of hydrogen-bond donors (Lipinski definition) is 3. The molecule has 1 heterocycles. The summed E-state index contributed by atoms with van der Waals surface area (Å²) in [6.45, 7) is 1.95. The number of fused-ring (bicyclic) bond motifs is 1. The van der Waals surface area contributed by atoms with Gasteiger partial charge in [-0.25, -0.2) is 4.79 Å². The van der Waals surface area contributed by atoms with Crippen LogP contribution in [0.25, 0.3) is 10.9 Å². The molecule has 0 radical (unpaired) electrons. The molecular formula is C21H20N2O3. The number of ketones is 1. The molecule has 3 rings (SSSR count).